The molecule has 0 saturated carbocycles. The summed E-state index contributed by atoms with van der Waals surface area (Å²) >= 11 is 1.24. The van der Waals surface area contributed by atoms with Gasteiger partial charge in [-0.25, -0.2) is 19.6 Å². The van der Waals surface area contributed by atoms with Crippen molar-refractivity contribution in [2.75, 3.05) is 5.32 Å². The molecule has 0 saturated heterocycles. The first-order chi connectivity index (χ1) is 15.0. The van der Waals surface area contributed by atoms with Crippen molar-refractivity contribution in [3.63, 3.8) is 0 Å². The van der Waals surface area contributed by atoms with Gasteiger partial charge >= 0.3 is 0 Å². The maximum absolute atomic E-state index is 14.3. The maximum atomic E-state index is 14.3. The fraction of sp³-hybridized carbons (Fsp3) is 0.190. The normalized spacial score (nSPS) is 14.0. The molecule has 4 aromatic rings. The number of rotatable bonds is 3. The van der Waals surface area contributed by atoms with Gasteiger partial charge in [0.15, 0.2) is 11.5 Å². The van der Waals surface area contributed by atoms with Crippen LogP contribution in [0.3, 0.4) is 0 Å². The smallest absolute Gasteiger partial charge is 0.271 e. The first-order valence-electron chi connectivity index (χ1n) is 9.82. The Morgan fingerprint density at radius 3 is 3.00 bits per heavy atom. The van der Waals surface area contributed by atoms with Gasteiger partial charge in [0.25, 0.3) is 12.6 Å². The van der Waals surface area contributed by atoms with E-state index in [-0.39, 0.29) is 18.3 Å². The number of hydrogen-bond acceptors (Lipinski definition) is 6. The molecule has 1 aliphatic heterocycles. The molecule has 31 heavy (non-hydrogen) atoms. The van der Waals surface area contributed by atoms with Gasteiger partial charge in [0.2, 0.25) is 0 Å². The Balaban J connectivity index is 1.40. The highest BCUT2D eigenvalue weighted by Gasteiger charge is 2.20. The van der Waals surface area contributed by atoms with Gasteiger partial charge in [0.1, 0.15) is 10.3 Å². The number of imidazole rings is 1. The van der Waals surface area contributed by atoms with E-state index < -0.39 is 5.82 Å². The third-order valence-corrected chi connectivity index (χ3v) is 6.29. The number of pyridine rings is 1. The van der Waals surface area contributed by atoms with E-state index in [0.717, 1.165) is 30.3 Å². The SMILES string of the molecule is Cc1cn2cc(NC(=O)c3cc4ncc(C5=CCB(C#N)CC5)nc4s3)cc(F)c2n1. The molecule has 5 rings (SSSR count). The van der Waals surface area contributed by atoms with Crippen molar-refractivity contribution in [3.05, 3.63) is 58.9 Å². The zero-order valence-electron chi connectivity index (χ0n) is 16.6. The predicted molar refractivity (Wildman–Crippen MR) is 119 cm³/mol. The maximum Gasteiger partial charge on any atom is 0.271 e. The number of fused-ring (bicyclic) bond motifs is 2. The van der Waals surface area contributed by atoms with Gasteiger partial charge in [-0.05, 0) is 31.3 Å². The van der Waals surface area contributed by atoms with Crippen LogP contribution >= 0.6 is 11.3 Å². The number of thiophene rings is 1. The van der Waals surface area contributed by atoms with Gasteiger partial charge in [-0.15, -0.1) is 11.3 Å². The zero-order valence-corrected chi connectivity index (χ0v) is 17.4. The topological polar surface area (TPSA) is 96.0 Å². The van der Waals surface area contributed by atoms with Crippen LogP contribution in [0.1, 0.15) is 27.5 Å². The second-order valence-corrected chi connectivity index (χ2v) is 8.56. The number of anilines is 1. The minimum Gasteiger partial charge on any atom is -0.320 e. The largest absolute Gasteiger partial charge is 0.320 e. The Hall–Kier alpha value is -3.58. The van der Waals surface area contributed by atoms with Crippen LogP contribution in [0, 0.1) is 24.0 Å². The first-order valence-corrected chi connectivity index (χ1v) is 10.6. The molecule has 0 spiro atoms. The van der Waals surface area contributed by atoms with E-state index >= 15 is 0 Å². The molecule has 0 aromatic carbocycles. The molecule has 1 aliphatic rings. The van der Waals surface area contributed by atoms with E-state index in [0.29, 0.717) is 26.6 Å². The molecule has 7 nitrogen and oxygen atoms in total. The number of nitrogens with one attached hydrogen (secondary N) is 1. The summed E-state index contributed by atoms with van der Waals surface area (Å²) in [5, 5.41) is 11.8. The predicted octanol–water partition coefficient (Wildman–Crippen LogP) is 4.38. The van der Waals surface area contributed by atoms with Crippen LogP contribution in [-0.2, 0) is 0 Å². The van der Waals surface area contributed by atoms with Crippen LogP contribution in [0.4, 0.5) is 10.1 Å². The molecule has 1 amide bonds. The molecule has 0 unspecified atom stereocenters. The van der Waals surface area contributed by atoms with Crippen LogP contribution in [0.2, 0.25) is 12.6 Å². The number of carbonyl (C=O) groups excluding carboxylic acids is 1. The Labute approximate surface area is 181 Å². The third-order valence-electron chi connectivity index (χ3n) is 5.27. The van der Waals surface area contributed by atoms with Crippen molar-refractivity contribution in [2.24, 2.45) is 0 Å². The second kappa shape index (κ2) is 7.59. The molecular weight excluding hydrogens is 414 g/mol. The lowest BCUT2D eigenvalue weighted by molar-refractivity contribution is 0.103. The number of nitriles is 1. The Kier molecular flexibility index (Phi) is 4.75. The third kappa shape index (κ3) is 3.68. The van der Waals surface area contributed by atoms with Gasteiger partial charge in [0.05, 0.1) is 28.1 Å². The monoisotopic (exact) mass is 430 g/mol. The van der Waals surface area contributed by atoms with E-state index in [1.54, 1.807) is 36.0 Å². The van der Waals surface area contributed by atoms with Crippen molar-refractivity contribution < 1.29 is 9.18 Å². The molecule has 5 heterocycles. The molecule has 152 valence electrons. The van der Waals surface area contributed by atoms with Crippen LogP contribution < -0.4 is 5.32 Å². The van der Waals surface area contributed by atoms with Crippen LogP contribution in [-0.4, -0.2) is 32.0 Å². The fourth-order valence-electron chi connectivity index (χ4n) is 3.70. The average molecular weight is 430 g/mol. The first kappa shape index (κ1) is 19.4. The van der Waals surface area contributed by atoms with Crippen molar-refractivity contribution in [1.29, 1.82) is 5.26 Å². The van der Waals surface area contributed by atoms with Gasteiger partial charge < -0.3 is 9.72 Å². The lowest BCUT2D eigenvalue weighted by Crippen LogP contribution is -2.12. The zero-order chi connectivity index (χ0) is 21.5. The fourth-order valence-corrected chi connectivity index (χ4v) is 4.59. The Morgan fingerprint density at radius 1 is 1.35 bits per heavy atom. The summed E-state index contributed by atoms with van der Waals surface area (Å²) in [6.45, 7) is 1.84. The number of halogens is 1. The van der Waals surface area contributed by atoms with Crippen molar-refractivity contribution in [2.45, 2.75) is 26.0 Å². The highest BCUT2D eigenvalue weighted by molar-refractivity contribution is 7.20. The van der Waals surface area contributed by atoms with E-state index in [2.05, 4.69) is 32.3 Å². The number of nitrogens with zero attached hydrogens (tertiary/aromatic N) is 5. The number of amides is 1. The van der Waals surface area contributed by atoms with E-state index in [1.165, 1.54) is 17.4 Å². The molecule has 0 bridgehead atoms. The summed E-state index contributed by atoms with van der Waals surface area (Å²) in [6, 6.07) is 2.94. The summed E-state index contributed by atoms with van der Waals surface area (Å²) in [7, 11) is 0. The van der Waals surface area contributed by atoms with Crippen molar-refractivity contribution >= 4 is 51.2 Å². The minimum atomic E-state index is -0.505. The summed E-state index contributed by atoms with van der Waals surface area (Å²) in [5.41, 5.74) is 3.75. The summed E-state index contributed by atoms with van der Waals surface area (Å²) in [6.07, 6.45) is 9.41. The standard InChI is InChI=1S/C21H16BFN6OS/c1-12-9-29-10-14(6-15(23)19(29)26-12)27-20(30)18-7-16-21(31-18)28-17(8-25-16)13-2-4-22(11-24)5-3-13/h2,6-10H,3-5H2,1H3,(H,27,30). The molecule has 0 radical (unpaired) electrons. The molecule has 1 N–H and O–H groups in total. The molecular formula is C21H16BFN6OS. The highest BCUT2D eigenvalue weighted by atomic mass is 32.1. The van der Waals surface area contributed by atoms with Gasteiger partial charge in [-0.2, -0.15) is 0 Å². The Morgan fingerprint density at radius 2 is 2.23 bits per heavy atom. The quantitative estimate of drug-likeness (QED) is 0.487. The van der Waals surface area contributed by atoms with Crippen LogP contribution in [0.15, 0.2) is 36.8 Å². The van der Waals surface area contributed by atoms with E-state index in [9.17, 15) is 9.18 Å². The minimum absolute atomic E-state index is 0.0628. The van der Waals surface area contributed by atoms with Crippen LogP contribution in [0.25, 0.3) is 21.6 Å². The summed E-state index contributed by atoms with van der Waals surface area (Å²) in [5.74, 6) is 1.45. The molecule has 0 fully saturated rings. The Bertz CT molecular complexity index is 1420. The average Bonchev–Trinajstić information content (AvgIpc) is 3.36. The second-order valence-electron chi connectivity index (χ2n) is 7.53. The van der Waals surface area contributed by atoms with Gasteiger partial charge in [-0.1, -0.05) is 12.4 Å². The molecule has 4 aromatic heterocycles. The highest BCUT2D eigenvalue weighted by Crippen LogP contribution is 2.29. The number of allylic oxidation sites excluding steroid dienone is 2. The van der Waals surface area contributed by atoms with E-state index in [4.69, 9.17) is 5.26 Å². The molecule has 0 atom stereocenters. The van der Waals surface area contributed by atoms with E-state index in [1.807, 2.05) is 0 Å². The number of aryl methyl sites for hydroxylation is 1. The van der Waals surface area contributed by atoms with Crippen molar-refractivity contribution in [1.82, 2.24) is 19.4 Å². The molecule has 0 aliphatic carbocycles. The summed E-state index contributed by atoms with van der Waals surface area (Å²) in [4.78, 5) is 27.1. The van der Waals surface area contributed by atoms with Gasteiger partial charge in [0, 0.05) is 24.4 Å². The summed E-state index contributed by atoms with van der Waals surface area (Å²) < 4.78 is 15.8. The van der Waals surface area contributed by atoms with Crippen LogP contribution in [0.5, 0.6) is 0 Å². The van der Waals surface area contributed by atoms with Gasteiger partial charge in [-0.3, -0.25) is 9.78 Å². The lowest BCUT2D eigenvalue weighted by atomic mass is 9.44. The lowest BCUT2D eigenvalue weighted by Gasteiger charge is -2.13. The number of carbonyl (C=O) groups is 1. The number of aromatic nitrogens is 4. The number of hydrogen-bond donors (Lipinski definition) is 1. The van der Waals surface area contributed by atoms with Crippen molar-refractivity contribution in [3.8, 4) is 5.97 Å². The molecule has 10 heteroatoms.